The molecule has 0 amide bonds. The normalized spacial score (nSPS) is 19.5. The van der Waals surface area contributed by atoms with Crippen molar-refractivity contribution in [3.63, 3.8) is 0 Å². The molecule has 0 fully saturated rings. The van der Waals surface area contributed by atoms with Gasteiger partial charge in [0.25, 0.3) is 0 Å². The Labute approximate surface area is 261 Å². The highest BCUT2D eigenvalue weighted by Gasteiger charge is 2.24. The number of esters is 1. The van der Waals surface area contributed by atoms with Gasteiger partial charge in [-0.3, -0.25) is 0 Å². The molecule has 43 heavy (non-hydrogen) atoms. The number of aliphatic hydroxyl groups is 6. The van der Waals surface area contributed by atoms with Crippen molar-refractivity contribution in [3.05, 3.63) is 11.6 Å². The fraction of sp³-hybridized carbons (Fsp3) is 0.914. The Balaban J connectivity index is 1.98. The first-order valence-electron chi connectivity index (χ1n) is 17.6. The number of carbonyl (C=O) groups excluding carboxylic acids is 1. The Kier molecular flexibility index (Phi) is 23.4. The zero-order valence-corrected chi connectivity index (χ0v) is 27.4. The molecular formula is C35H66O8. The second-order valence-corrected chi connectivity index (χ2v) is 13.1. The van der Waals surface area contributed by atoms with Crippen molar-refractivity contribution in [2.24, 2.45) is 0 Å². The van der Waals surface area contributed by atoms with E-state index in [0.29, 0.717) is 50.5 Å². The van der Waals surface area contributed by atoms with E-state index in [1.54, 1.807) is 13.0 Å². The highest BCUT2D eigenvalue weighted by atomic mass is 16.5. The largest absolute Gasteiger partial charge is 0.455 e. The minimum absolute atomic E-state index is 0.229. The van der Waals surface area contributed by atoms with Crippen LogP contribution < -0.4 is 0 Å². The number of rotatable bonds is 29. The van der Waals surface area contributed by atoms with Crippen molar-refractivity contribution in [1.29, 1.82) is 0 Å². The van der Waals surface area contributed by atoms with Gasteiger partial charge in [-0.15, -0.1) is 0 Å². The fourth-order valence-electron chi connectivity index (χ4n) is 5.91. The Bertz CT molecular complexity index is 714. The van der Waals surface area contributed by atoms with Crippen LogP contribution in [0.2, 0.25) is 0 Å². The minimum atomic E-state index is -0.907. The van der Waals surface area contributed by atoms with Crippen molar-refractivity contribution in [3.8, 4) is 0 Å². The van der Waals surface area contributed by atoms with E-state index in [9.17, 15) is 35.4 Å². The maximum atomic E-state index is 11.6. The Hall–Kier alpha value is -1.03. The number of unbranched alkanes of at least 4 members (excludes halogenated alkanes) is 12. The summed E-state index contributed by atoms with van der Waals surface area (Å²) < 4.78 is 5.04. The molecule has 8 heteroatoms. The van der Waals surface area contributed by atoms with E-state index in [4.69, 9.17) is 4.74 Å². The van der Waals surface area contributed by atoms with Gasteiger partial charge < -0.3 is 35.4 Å². The van der Waals surface area contributed by atoms with E-state index in [-0.39, 0.29) is 24.9 Å². The van der Waals surface area contributed by atoms with E-state index >= 15 is 0 Å². The van der Waals surface area contributed by atoms with Crippen LogP contribution in [0.5, 0.6) is 0 Å². The lowest BCUT2D eigenvalue weighted by Crippen LogP contribution is -2.31. The zero-order chi connectivity index (χ0) is 31.9. The highest BCUT2D eigenvalue weighted by molar-refractivity contribution is 5.90. The summed E-state index contributed by atoms with van der Waals surface area (Å²) >= 11 is 0. The van der Waals surface area contributed by atoms with Crippen LogP contribution in [0.3, 0.4) is 0 Å². The van der Waals surface area contributed by atoms with E-state index in [2.05, 4.69) is 6.92 Å². The monoisotopic (exact) mass is 614 g/mol. The maximum absolute atomic E-state index is 11.6. The van der Waals surface area contributed by atoms with Gasteiger partial charge in [0.2, 0.25) is 0 Å². The first-order valence-corrected chi connectivity index (χ1v) is 17.6. The van der Waals surface area contributed by atoms with Crippen molar-refractivity contribution in [2.45, 2.75) is 204 Å². The molecular weight excluding hydrogens is 548 g/mol. The lowest BCUT2D eigenvalue weighted by atomic mass is 9.96. The SMILES string of the molecule is CCCCCCCCCCCCC(O)C(O)CCC(O)C(O)CCCCCCC(O)CCC[C@@H](O)CC1=CC(C)OC1=O. The molecule has 0 aromatic carbocycles. The van der Waals surface area contributed by atoms with E-state index < -0.39 is 36.6 Å². The van der Waals surface area contributed by atoms with Crippen LogP contribution in [0.25, 0.3) is 0 Å². The summed E-state index contributed by atoms with van der Waals surface area (Å²) in [5, 5.41) is 61.5. The second-order valence-electron chi connectivity index (χ2n) is 13.1. The number of carbonyl (C=O) groups is 1. The molecule has 8 nitrogen and oxygen atoms in total. The summed E-state index contributed by atoms with van der Waals surface area (Å²) in [7, 11) is 0. The van der Waals surface area contributed by atoms with Crippen LogP contribution in [0.1, 0.15) is 162 Å². The van der Waals surface area contributed by atoms with Gasteiger partial charge in [0.1, 0.15) is 6.10 Å². The maximum Gasteiger partial charge on any atom is 0.334 e. The number of hydrogen-bond acceptors (Lipinski definition) is 8. The van der Waals surface area contributed by atoms with Crippen LogP contribution in [0.15, 0.2) is 11.6 Å². The molecule has 6 unspecified atom stereocenters. The molecule has 0 aliphatic carbocycles. The molecule has 1 heterocycles. The van der Waals surface area contributed by atoms with Crippen LogP contribution in [0.4, 0.5) is 0 Å². The summed E-state index contributed by atoms with van der Waals surface area (Å²) in [6, 6.07) is 0. The number of aliphatic hydroxyl groups excluding tert-OH is 6. The molecule has 6 N–H and O–H groups in total. The Morgan fingerprint density at radius 3 is 1.42 bits per heavy atom. The van der Waals surface area contributed by atoms with Gasteiger partial charge in [-0.2, -0.15) is 0 Å². The smallest absolute Gasteiger partial charge is 0.334 e. The van der Waals surface area contributed by atoms with Gasteiger partial charge in [0.15, 0.2) is 0 Å². The fourth-order valence-corrected chi connectivity index (χ4v) is 5.91. The highest BCUT2D eigenvalue weighted by Crippen LogP contribution is 2.21. The van der Waals surface area contributed by atoms with E-state index in [1.165, 1.54) is 51.4 Å². The third-order valence-electron chi connectivity index (χ3n) is 8.81. The third kappa shape index (κ3) is 20.6. The zero-order valence-electron chi connectivity index (χ0n) is 27.4. The molecule has 0 radical (unpaired) electrons. The van der Waals surface area contributed by atoms with Gasteiger partial charge in [-0.25, -0.2) is 4.79 Å². The summed E-state index contributed by atoms with van der Waals surface area (Å²) in [6.07, 6.45) is 17.3. The molecule has 0 aromatic heterocycles. The van der Waals surface area contributed by atoms with Gasteiger partial charge in [0.05, 0.1) is 36.6 Å². The van der Waals surface area contributed by atoms with E-state index in [0.717, 1.165) is 38.5 Å². The third-order valence-corrected chi connectivity index (χ3v) is 8.81. The molecule has 1 rings (SSSR count). The van der Waals surface area contributed by atoms with Gasteiger partial charge in [-0.1, -0.05) is 96.8 Å². The molecule has 0 saturated heterocycles. The standard InChI is InChI=1S/C35H66O8/c1-3-4-5-6-7-8-9-10-11-15-21-31(38)33(40)23-24-34(41)32(39)22-16-13-12-14-18-29(36)19-17-20-30(37)26-28-25-27(2)43-35(28)42/h25,27,29-34,36-41H,3-24,26H2,1-2H3/t27?,29?,30-,31?,32?,33?,34?/m1/s1. The summed E-state index contributed by atoms with van der Waals surface area (Å²) in [5.41, 5.74) is 0.532. The summed E-state index contributed by atoms with van der Waals surface area (Å²) in [4.78, 5) is 11.6. The minimum Gasteiger partial charge on any atom is -0.455 e. The molecule has 0 spiro atoms. The first kappa shape index (κ1) is 40.0. The van der Waals surface area contributed by atoms with Crippen molar-refractivity contribution in [1.82, 2.24) is 0 Å². The molecule has 1 aliphatic rings. The van der Waals surface area contributed by atoms with Crippen LogP contribution in [0, 0.1) is 0 Å². The Morgan fingerprint density at radius 1 is 0.558 bits per heavy atom. The lowest BCUT2D eigenvalue weighted by Gasteiger charge is -2.22. The molecule has 0 bridgehead atoms. The van der Waals surface area contributed by atoms with Gasteiger partial charge in [0, 0.05) is 12.0 Å². The Morgan fingerprint density at radius 2 is 0.953 bits per heavy atom. The van der Waals surface area contributed by atoms with Crippen molar-refractivity contribution >= 4 is 5.97 Å². The quantitative estimate of drug-likeness (QED) is 0.0443. The molecule has 254 valence electrons. The predicted octanol–water partition coefficient (Wildman–Crippen LogP) is 6.02. The molecule has 7 atom stereocenters. The van der Waals surface area contributed by atoms with Crippen LogP contribution in [-0.4, -0.2) is 79.3 Å². The van der Waals surface area contributed by atoms with Crippen molar-refractivity contribution in [2.75, 3.05) is 0 Å². The molecule has 0 aromatic rings. The lowest BCUT2D eigenvalue weighted by molar-refractivity contribution is -0.139. The molecule has 1 aliphatic heterocycles. The van der Waals surface area contributed by atoms with Gasteiger partial charge >= 0.3 is 5.97 Å². The van der Waals surface area contributed by atoms with Crippen LogP contribution in [-0.2, 0) is 9.53 Å². The van der Waals surface area contributed by atoms with Crippen molar-refractivity contribution < 1.29 is 40.2 Å². The first-order chi connectivity index (χ1) is 20.6. The number of ether oxygens (including phenoxy) is 1. The molecule has 0 saturated carbocycles. The second kappa shape index (κ2) is 25.2. The summed E-state index contributed by atoms with van der Waals surface area (Å²) in [6.45, 7) is 4.02. The number of cyclic esters (lactones) is 1. The van der Waals surface area contributed by atoms with Crippen LogP contribution >= 0.6 is 0 Å². The topological polar surface area (TPSA) is 148 Å². The van der Waals surface area contributed by atoms with E-state index in [1.807, 2.05) is 0 Å². The average molecular weight is 615 g/mol. The van der Waals surface area contributed by atoms with Gasteiger partial charge in [-0.05, 0) is 64.4 Å². The predicted molar refractivity (Wildman–Crippen MR) is 172 cm³/mol. The average Bonchev–Trinajstić information content (AvgIpc) is 3.29. The number of hydrogen-bond donors (Lipinski definition) is 6. The summed E-state index contributed by atoms with van der Waals surface area (Å²) in [5.74, 6) is -0.350.